The number of carbonyl (C=O) groups excluding carboxylic acids is 1. The predicted octanol–water partition coefficient (Wildman–Crippen LogP) is 2.36. The fraction of sp³-hybridized carbons (Fsp3) is 0.357. The van der Waals surface area contributed by atoms with Crippen LogP contribution in [-0.2, 0) is 4.79 Å². The Bertz CT molecular complexity index is 642. The number of halogens is 1. The van der Waals surface area contributed by atoms with Gasteiger partial charge in [0.15, 0.2) is 0 Å². The van der Waals surface area contributed by atoms with Crippen molar-refractivity contribution in [1.82, 2.24) is 15.3 Å². The van der Waals surface area contributed by atoms with Gasteiger partial charge in [-0.1, -0.05) is 12.1 Å². The molecular weight excluding hydrogens is 276 g/mol. The maximum absolute atomic E-state index is 11.6. The predicted molar refractivity (Wildman–Crippen MR) is 78.8 cm³/mol. The molecule has 5 nitrogen and oxygen atoms in total. The zero-order valence-corrected chi connectivity index (χ0v) is 11.7. The molecule has 3 rings (SSSR count). The summed E-state index contributed by atoms with van der Waals surface area (Å²) in [6, 6.07) is 8.03. The molecule has 2 N–H and O–H groups in total. The Labute approximate surface area is 121 Å². The molecular formula is C14H15ClN4O. The van der Waals surface area contributed by atoms with Crippen molar-refractivity contribution in [3.8, 4) is 0 Å². The van der Waals surface area contributed by atoms with Crippen molar-refractivity contribution in [1.29, 1.82) is 0 Å². The van der Waals surface area contributed by atoms with Crippen molar-refractivity contribution in [2.24, 2.45) is 0 Å². The van der Waals surface area contributed by atoms with Crippen LogP contribution in [0, 0.1) is 0 Å². The van der Waals surface area contributed by atoms with Crippen LogP contribution in [-0.4, -0.2) is 28.5 Å². The van der Waals surface area contributed by atoms with E-state index in [0.29, 0.717) is 24.8 Å². The number of para-hydroxylation sites is 1. The van der Waals surface area contributed by atoms with Gasteiger partial charge in [-0.05, 0) is 36.6 Å². The molecule has 1 aromatic heterocycles. The van der Waals surface area contributed by atoms with Crippen LogP contribution in [0.25, 0.3) is 10.9 Å². The molecule has 2 aromatic rings. The normalized spacial score (nSPS) is 14.2. The van der Waals surface area contributed by atoms with E-state index < -0.39 is 0 Å². The molecule has 1 heterocycles. The van der Waals surface area contributed by atoms with Crippen LogP contribution in [0.3, 0.4) is 0 Å². The van der Waals surface area contributed by atoms with E-state index in [2.05, 4.69) is 20.6 Å². The maximum atomic E-state index is 11.6. The highest BCUT2D eigenvalue weighted by Gasteiger charge is 2.22. The second kappa shape index (κ2) is 5.63. The largest absolute Gasteiger partial charge is 0.369 e. The Morgan fingerprint density at radius 2 is 2.10 bits per heavy atom. The van der Waals surface area contributed by atoms with E-state index in [-0.39, 0.29) is 11.2 Å². The first-order valence-corrected chi connectivity index (χ1v) is 7.06. The quantitative estimate of drug-likeness (QED) is 0.830. The number of amides is 1. The van der Waals surface area contributed by atoms with Gasteiger partial charge in [0.2, 0.25) is 11.2 Å². The van der Waals surface area contributed by atoms with Gasteiger partial charge in [0.05, 0.1) is 5.52 Å². The molecule has 0 bridgehead atoms. The number of fused-ring (bicyclic) bond motifs is 1. The number of nitrogens with zero attached hydrogens (tertiary/aromatic N) is 2. The van der Waals surface area contributed by atoms with E-state index in [0.717, 1.165) is 23.7 Å². The lowest BCUT2D eigenvalue weighted by Gasteiger charge is -2.09. The highest BCUT2D eigenvalue weighted by atomic mass is 35.5. The van der Waals surface area contributed by atoms with Gasteiger partial charge in [0.25, 0.3) is 0 Å². The van der Waals surface area contributed by atoms with Gasteiger partial charge in [-0.15, -0.1) is 0 Å². The minimum atomic E-state index is 0.0736. The first kappa shape index (κ1) is 13.1. The lowest BCUT2D eigenvalue weighted by Crippen LogP contribution is -2.27. The molecule has 0 unspecified atom stereocenters. The molecule has 6 heteroatoms. The number of anilines is 1. The van der Waals surface area contributed by atoms with Crippen LogP contribution in [0.15, 0.2) is 24.3 Å². The van der Waals surface area contributed by atoms with Crippen LogP contribution in [0.5, 0.6) is 0 Å². The Morgan fingerprint density at radius 1 is 1.30 bits per heavy atom. The highest BCUT2D eigenvalue weighted by Crippen LogP contribution is 2.22. The number of carbonyl (C=O) groups is 1. The fourth-order valence-corrected chi connectivity index (χ4v) is 2.18. The van der Waals surface area contributed by atoms with E-state index in [1.807, 2.05) is 24.3 Å². The zero-order valence-electron chi connectivity index (χ0n) is 10.9. The monoisotopic (exact) mass is 290 g/mol. The number of hydrogen-bond acceptors (Lipinski definition) is 4. The van der Waals surface area contributed by atoms with E-state index >= 15 is 0 Å². The molecule has 104 valence electrons. The summed E-state index contributed by atoms with van der Waals surface area (Å²) >= 11 is 5.90. The van der Waals surface area contributed by atoms with Crippen molar-refractivity contribution in [3.63, 3.8) is 0 Å². The molecule has 1 saturated carbocycles. The minimum Gasteiger partial charge on any atom is -0.369 e. The van der Waals surface area contributed by atoms with Gasteiger partial charge in [-0.3, -0.25) is 4.79 Å². The highest BCUT2D eigenvalue weighted by molar-refractivity contribution is 6.28. The maximum Gasteiger partial charge on any atom is 0.224 e. The smallest absolute Gasteiger partial charge is 0.224 e. The zero-order chi connectivity index (χ0) is 13.9. The van der Waals surface area contributed by atoms with Crippen LogP contribution >= 0.6 is 11.6 Å². The number of aromatic nitrogens is 2. The van der Waals surface area contributed by atoms with Crippen LogP contribution < -0.4 is 10.6 Å². The molecule has 0 aliphatic heterocycles. The molecule has 0 spiro atoms. The Kier molecular flexibility index (Phi) is 3.69. The van der Waals surface area contributed by atoms with Gasteiger partial charge in [-0.2, -0.15) is 0 Å². The van der Waals surface area contributed by atoms with Crippen molar-refractivity contribution < 1.29 is 4.79 Å². The summed E-state index contributed by atoms with van der Waals surface area (Å²) in [4.78, 5) is 19.9. The summed E-state index contributed by atoms with van der Waals surface area (Å²) < 4.78 is 0. The van der Waals surface area contributed by atoms with Crippen molar-refractivity contribution >= 4 is 34.2 Å². The third-order valence-electron chi connectivity index (χ3n) is 3.16. The molecule has 1 aliphatic carbocycles. The summed E-state index contributed by atoms with van der Waals surface area (Å²) in [6.45, 7) is 0.524. The molecule has 0 saturated heterocycles. The van der Waals surface area contributed by atoms with E-state index in [4.69, 9.17) is 11.6 Å². The molecule has 1 fully saturated rings. The lowest BCUT2D eigenvalue weighted by atomic mass is 10.2. The topological polar surface area (TPSA) is 66.9 Å². The summed E-state index contributed by atoms with van der Waals surface area (Å²) in [5.74, 6) is 0.740. The molecule has 1 aliphatic rings. The Balaban J connectivity index is 1.65. The minimum absolute atomic E-state index is 0.0736. The average molecular weight is 291 g/mol. The van der Waals surface area contributed by atoms with Gasteiger partial charge in [0.1, 0.15) is 5.82 Å². The van der Waals surface area contributed by atoms with Crippen molar-refractivity contribution in [3.05, 3.63) is 29.5 Å². The Hall–Kier alpha value is -1.88. The standard InChI is InChI=1S/C14H15ClN4O/c15-14-18-11-4-2-1-3-10(11)13(19-14)16-8-7-12(20)17-9-5-6-9/h1-4,9H,5-8H2,(H,17,20)(H,16,18,19). The number of nitrogens with one attached hydrogen (secondary N) is 2. The average Bonchev–Trinajstić information content (AvgIpc) is 3.22. The van der Waals surface area contributed by atoms with E-state index in [9.17, 15) is 4.79 Å². The second-order valence-electron chi connectivity index (χ2n) is 4.88. The SMILES string of the molecule is O=C(CCNc1nc(Cl)nc2ccccc12)NC1CC1. The molecule has 0 radical (unpaired) electrons. The van der Waals surface area contributed by atoms with Crippen LogP contribution in [0.4, 0.5) is 5.82 Å². The van der Waals surface area contributed by atoms with Gasteiger partial charge in [0, 0.05) is 24.4 Å². The summed E-state index contributed by atoms with van der Waals surface area (Å²) in [6.07, 6.45) is 2.63. The van der Waals surface area contributed by atoms with E-state index in [1.165, 1.54) is 0 Å². The van der Waals surface area contributed by atoms with E-state index in [1.54, 1.807) is 0 Å². The summed E-state index contributed by atoms with van der Waals surface area (Å²) in [5.41, 5.74) is 0.789. The molecule has 1 aromatic carbocycles. The second-order valence-corrected chi connectivity index (χ2v) is 5.22. The van der Waals surface area contributed by atoms with Crippen LogP contribution in [0.1, 0.15) is 19.3 Å². The third-order valence-corrected chi connectivity index (χ3v) is 3.33. The first-order chi connectivity index (χ1) is 9.72. The Morgan fingerprint density at radius 3 is 2.90 bits per heavy atom. The molecule has 1 amide bonds. The van der Waals surface area contributed by atoms with Gasteiger partial charge in [-0.25, -0.2) is 9.97 Å². The van der Waals surface area contributed by atoms with Crippen molar-refractivity contribution in [2.45, 2.75) is 25.3 Å². The number of benzene rings is 1. The number of rotatable bonds is 5. The first-order valence-electron chi connectivity index (χ1n) is 6.68. The lowest BCUT2D eigenvalue weighted by molar-refractivity contribution is -0.120. The van der Waals surface area contributed by atoms with Gasteiger partial charge < -0.3 is 10.6 Å². The van der Waals surface area contributed by atoms with Gasteiger partial charge >= 0.3 is 0 Å². The van der Waals surface area contributed by atoms with Crippen LogP contribution in [0.2, 0.25) is 5.28 Å². The summed E-state index contributed by atoms with van der Waals surface area (Å²) in [5, 5.41) is 7.21. The molecule has 20 heavy (non-hydrogen) atoms. The van der Waals surface area contributed by atoms with Crippen molar-refractivity contribution in [2.75, 3.05) is 11.9 Å². The third kappa shape index (κ3) is 3.17. The fourth-order valence-electron chi connectivity index (χ4n) is 2.00. The summed E-state index contributed by atoms with van der Waals surface area (Å²) in [7, 11) is 0. The number of hydrogen-bond donors (Lipinski definition) is 2. The molecule has 0 atom stereocenters.